The summed E-state index contributed by atoms with van der Waals surface area (Å²) in [6.45, 7) is 3.97. The summed E-state index contributed by atoms with van der Waals surface area (Å²) < 4.78 is 1.49. The Labute approximate surface area is 146 Å². The Morgan fingerprint density at radius 3 is 2.64 bits per heavy atom. The fraction of sp³-hybridized carbons (Fsp3) is 0.150. The minimum Gasteiger partial charge on any atom is -0.324 e. The van der Waals surface area contributed by atoms with E-state index in [0.29, 0.717) is 11.3 Å². The van der Waals surface area contributed by atoms with Crippen molar-refractivity contribution in [3.05, 3.63) is 71.4 Å². The first kappa shape index (κ1) is 16.6. The van der Waals surface area contributed by atoms with Crippen LogP contribution in [0.25, 0.3) is 11.3 Å². The summed E-state index contributed by atoms with van der Waals surface area (Å²) in [5, 5.41) is 7.30. The second-order valence-electron chi connectivity index (χ2n) is 5.98. The number of carbonyl (C=O) groups is 2. The summed E-state index contributed by atoms with van der Waals surface area (Å²) >= 11 is 0. The summed E-state index contributed by atoms with van der Waals surface area (Å²) in [6.07, 6.45) is 2.35. The van der Waals surface area contributed by atoms with Crippen LogP contribution in [0.1, 0.15) is 21.5 Å². The van der Waals surface area contributed by atoms with E-state index >= 15 is 0 Å². The van der Waals surface area contributed by atoms with Crippen LogP contribution in [0.5, 0.6) is 0 Å². The van der Waals surface area contributed by atoms with Gasteiger partial charge in [0.15, 0.2) is 6.29 Å². The van der Waals surface area contributed by atoms with Crippen molar-refractivity contribution < 1.29 is 9.59 Å². The molecular weight excluding hydrogens is 314 g/mol. The molecule has 0 aliphatic rings. The van der Waals surface area contributed by atoms with Gasteiger partial charge < -0.3 is 5.32 Å². The third-order valence-electron chi connectivity index (χ3n) is 3.94. The minimum absolute atomic E-state index is 0.0427. The molecule has 0 saturated heterocycles. The fourth-order valence-electron chi connectivity index (χ4n) is 2.63. The summed E-state index contributed by atoms with van der Waals surface area (Å²) in [6, 6.07) is 15.3. The lowest BCUT2D eigenvalue weighted by Gasteiger charge is -2.09. The van der Waals surface area contributed by atoms with E-state index in [2.05, 4.69) is 10.4 Å². The van der Waals surface area contributed by atoms with Gasteiger partial charge in [0.05, 0.1) is 5.56 Å². The van der Waals surface area contributed by atoms with E-state index in [1.54, 1.807) is 6.20 Å². The molecule has 5 nitrogen and oxygen atoms in total. The Bertz CT molecular complexity index is 914. The maximum atomic E-state index is 12.3. The lowest BCUT2D eigenvalue weighted by Crippen LogP contribution is -2.19. The van der Waals surface area contributed by atoms with Gasteiger partial charge in [0.2, 0.25) is 5.91 Å². The second-order valence-corrected chi connectivity index (χ2v) is 5.98. The summed E-state index contributed by atoms with van der Waals surface area (Å²) in [7, 11) is 0. The molecule has 2 aromatic carbocycles. The number of benzene rings is 2. The number of amides is 1. The van der Waals surface area contributed by atoms with Gasteiger partial charge in [0.25, 0.3) is 0 Å². The maximum absolute atomic E-state index is 12.3. The third kappa shape index (κ3) is 3.83. The van der Waals surface area contributed by atoms with E-state index in [4.69, 9.17) is 0 Å². The Kier molecular flexibility index (Phi) is 4.75. The van der Waals surface area contributed by atoms with Gasteiger partial charge in [-0.2, -0.15) is 5.10 Å². The van der Waals surface area contributed by atoms with Crippen molar-refractivity contribution >= 4 is 17.9 Å². The quantitative estimate of drug-likeness (QED) is 0.725. The lowest BCUT2D eigenvalue weighted by atomic mass is 10.1. The molecule has 1 N–H and O–H groups in total. The zero-order chi connectivity index (χ0) is 17.8. The Hall–Kier alpha value is -3.21. The van der Waals surface area contributed by atoms with E-state index < -0.39 is 0 Å². The third-order valence-corrected chi connectivity index (χ3v) is 3.94. The molecule has 1 amide bonds. The highest BCUT2D eigenvalue weighted by Gasteiger charge is 2.13. The van der Waals surface area contributed by atoms with Gasteiger partial charge in [-0.25, -0.2) is 0 Å². The van der Waals surface area contributed by atoms with Crippen LogP contribution in [-0.4, -0.2) is 22.0 Å². The minimum atomic E-state index is -0.187. The summed E-state index contributed by atoms with van der Waals surface area (Å²) in [5.41, 5.74) is 4.75. The van der Waals surface area contributed by atoms with Crippen LogP contribution in [-0.2, 0) is 11.3 Å². The van der Waals surface area contributed by atoms with Crippen molar-refractivity contribution in [2.75, 3.05) is 5.32 Å². The molecule has 0 fully saturated rings. The molecule has 0 saturated carbocycles. The molecule has 25 heavy (non-hydrogen) atoms. The summed E-state index contributed by atoms with van der Waals surface area (Å²) in [5.74, 6) is -0.187. The molecule has 0 bridgehead atoms. The molecule has 0 spiro atoms. The number of nitrogens with one attached hydrogen (secondary N) is 1. The first-order valence-electron chi connectivity index (χ1n) is 8.02. The Morgan fingerprint density at radius 2 is 1.92 bits per heavy atom. The Balaban J connectivity index is 1.79. The number of hydrogen-bond acceptors (Lipinski definition) is 3. The molecule has 126 valence electrons. The van der Waals surface area contributed by atoms with Gasteiger partial charge in [0.1, 0.15) is 12.2 Å². The van der Waals surface area contributed by atoms with Gasteiger partial charge >= 0.3 is 0 Å². The van der Waals surface area contributed by atoms with Gasteiger partial charge in [0, 0.05) is 17.4 Å². The molecule has 5 heteroatoms. The van der Waals surface area contributed by atoms with Crippen LogP contribution in [0.4, 0.5) is 5.69 Å². The number of nitrogens with zero attached hydrogens (tertiary/aromatic N) is 2. The normalized spacial score (nSPS) is 10.5. The van der Waals surface area contributed by atoms with Crippen LogP contribution >= 0.6 is 0 Å². The molecule has 0 atom stereocenters. The molecular formula is C20H19N3O2. The van der Waals surface area contributed by atoms with E-state index in [1.807, 2.05) is 62.4 Å². The highest BCUT2D eigenvalue weighted by atomic mass is 16.2. The lowest BCUT2D eigenvalue weighted by molar-refractivity contribution is -0.116. The van der Waals surface area contributed by atoms with E-state index in [0.717, 1.165) is 28.7 Å². The molecule has 3 rings (SSSR count). The number of rotatable bonds is 5. The van der Waals surface area contributed by atoms with Crippen molar-refractivity contribution in [2.24, 2.45) is 0 Å². The smallest absolute Gasteiger partial charge is 0.246 e. The zero-order valence-electron chi connectivity index (χ0n) is 14.2. The fourth-order valence-corrected chi connectivity index (χ4v) is 2.63. The van der Waals surface area contributed by atoms with Crippen molar-refractivity contribution in [2.45, 2.75) is 20.4 Å². The average Bonchev–Trinajstić information content (AvgIpc) is 3.01. The number of carbonyl (C=O) groups excluding carboxylic acids is 2. The number of aromatic nitrogens is 2. The first-order valence-corrected chi connectivity index (χ1v) is 8.02. The highest BCUT2D eigenvalue weighted by molar-refractivity contribution is 5.92. The SMILES string of the molecule is Cc1ccc(C)c(NC(=O)Cn2cc(C=O)c(-c3ccccc3)n2)c1. The van der Waals surface area contributed by atoms with Crippen molar-refractivity contribution in [3.63, 3.8) is 0 Å². The standard InChI is InChI=1S/C20H19N3O2/c1-14-8-9-15(2)18(10-14)21-19(25)12-23-11-17(13-24)20(22-23)16-6-4-3-5-7-16/h3-11,13H,12H2,1-2H3,(H,21,25). The number of anilines is 1. The van der Waals surface area contributed by atoms with Crippen molar-refractivity contribution in [1.29, 1.82) is 0 Å². The molecule has 0 aliphatic carbocycles. The van der Waals surface area contributed by atoms with E-state index in [9.17, 15) is 9.59 Å². The van der Waals surface area contributed by atoms with Gasteiger partial charge in [-0.15, -0.1) is 0 Å². The van der Waals surface area contributed by atoms with Crippen LogP contribution in [0.15, 0.2) is 54.7 Å². The predicted octanol–water partition coefficient (Wildman–Crippen LogP) is 3.62. The van der Waals surface area contributed by atoms with Gasteiger partial charge in [-0.1, -0.05) is 42.5 Å². The molecule has 1 aromatic heterocycles. The number of aryl methyl sites for hydroxylation is 2. The molecule has 0 aliphatic heterocycles. The van der Waals surface area contributed by atoms with Gasteiger partial charge in [-0.05, 0) is 31.0 Å². The molecule has 1 heterocycles. The Morgan fingerprint density at radius 1 is 1.16 bits per heavy atom. The topological polar surface area (TPSA) is 64.0 Å². The van der Waals surface area contributed by atoms with E-state index in [1.165, 1.54) is 4.68 Å². The zero-order valence-corrected chi connectivity index (χ0v) is 14.2. The number of aldehydes is 1. The molecule has 3 aromatic rings. The van der Waals surface area contributed by atoms with Crippen LogP contribution < -0.4 is 5.32 Å². The van der Waals surface area contributed by atoms with Crippen LogP contribution in [0.2, 0.25) is 0 Å². The van der Waals surface area contributed by atoms with Gasteiger partial charge in [-0.3, -0.25) is 14.3 Å². The van der Waals surface area contributed by atoms with Crippen LogP contribution in [0, 0.1) is 13.8 Å². The average molecular weight is 333 g/mol. The second kappa shape index (κ2) is 7.13. The number of hydrogen-bond donors (Lipinski definition) is 1. The molecule has 0 radical (unpaired) electrons. The first-order chi connectivity index (χ1) is 12.1. The van der Waals surface area contributed by atoms with Crippen molar-refractivity contribution in [1.82, 2.24) is 9.78 Å². The highest BCUT2D eigenvalue weighted by Crippen LogP contribution is 2.21. The summed E-state index contributed by atoms with van der Waals surface area (Å²) in [4.78, 5) is 23.6. The van der Waals surface area contributed by atoms with Crippen molar-refractivity contribution in [3.8, 4) is 11.3 Å². The monoisotopic (exact) mass is 333 g/mol. The largest absolute Gasteiger partial charge is 0.324 e. The predicted molar refractivity (Wildman–Crippen MR) is 97.6 cm³/mol. The van der Waals surface area contributed by atoms with E-state index in [-0.39, 0.29) is 12.5 Å². The maximum Gasteiger partial charge on any atom is 0.246 e. The molecule has 0 unspecified atom stereocenters. The van der Waals surface area contributed by atoms with Crippen LogP contribution in [0.3, 0.4) is 0 Å².